The highest BCUT2D eigenvalue weighted by molar-refractivity contribution is 6.01. The van der Waals surface area contributed by atoms with Crippen molar-refractivity contribution in [2.75, 3.05) is 18.8 Å². The van der Waals surface area contributed by atoms with E-state index in [9.17, 15) is 14.7 Å². The van der Waals surface area contributed by atoms with Crippen molar-refractivity contribution in [1.82, 2.24) is 24.5 Å². The van der Waals surface area contributed by atoms with E-state index in [4.69, 9.17) is 10.7 Å². The zero-order chi connectivity index (χ0) is 23.8. The fourth-order valence-corrected chi connectivity index (χ4v) is 4.57. The van der Waals surface area contributed by atoms with Crippen LogP contribution in [0.25, 0.3) is 16.8 Å². The molecule has 34 heavy (non-hydrogen) atoms. The summed E-state index contributed by atoms with van der Waals surface area (Å²) in [5.41, 5.74) is 11.2. The molecule has 10 heteroatoms. The zero-order valence-electron chi connectivity index (χ0n) is 18.8. The summed E-state index contributed by atoms with van der Waals surface area (Å²) in [4.78, 5) is 39.4. The molecule has 0 spiro atoms. The number of allylic oxidation sites excluding steroid dienone is 1. The predicted octanol–water partition coefficient (Wildman–Crippen LogP) is 1.98. The number of carbonyl (C=O) groups excluding carboxylic acids is 2. The molecule has 10 nitrogen and oxygen atoms in total. The van der Waals surface area contributed by atoms with E-state index in [1.807, 2.05) is 18.2 Å². The van der Waals surface area contributed by atoms with Crippen LogP contribution >= 0.6 is 0 Å². The molecular weight excluding hydrogens is 434 g/mol. The van der Waals surface area contributed by atoms with Gasteiger partial charge >= 0.3 is 0 Å². The molecule has 0 bridgehead atoms. The van der Waals surface area contributed by atoms with Gasteiger partial charge in [-0.25, -0.2) is 4.98 Å². The number of aromatic nitrogens is 4. The highest BCUT2D eigenvalue weighted by Gasteiger charge is 2.29. The Labute approximate surface area is 195 Å². The van der Waals surface area contributed by atoms with Crippen molar-refractivity contribution in [2.45, 2.75) is 38.2 Å². The Balaban J connectivity index is 1.48. The Hall–Kier alpha value is -3.92. The minimum Gasteiger partial charge on any atom is -0.384 e. The third-order valence-corrected chi connectivity index (χ3v) is 6.44. The number of piperidine rings is 1. The molecule has 5 rings (SSSR count). The van der Waals surface area contributed by atoms with Gasteiger partial charge in [0.1, 0.15) is 11.9 Å². The molecule has 0 aliphatic carbocycles. The first-order valence-corrected chi connectivity index (χ1v) is 11.3. The first-order valence-electron chi connectivity index (χ1n) is 11.3. The van der Waals surface area contributed by atoms with Gasteiger partial charge in [0.2, 0.25) is 0 Å². The largest absolute Gasteiger partial charge is 0.384 e. The Morgan fingerprint density at radius 3 is 2.68 bits per heavy atom. The number of amides is 1. The third-order valence-electron chi connectivity index (χ3n) is 6.44. The van der Waals surface area contributed by atoms with Crippen LogP contribution in [0.5, 0.6) is 0 Å². The van der Waals surface area contributed by atoms with E-state index in [-0.39, 0.29) is 17.6 Å². The quantitative estimate of drug-likeness (QED) is 0.556. The number of nitrogen functional groups attached to an aromatic ring is 1. The second-order valence-electron chi connectivity index (χ2n) is 8.58. The molecule has 0 unspecified atom stereocenters. The SMILES string of the molecule is C[C@@H](O)C(=O)N1CCC(c2nc3c(-c4ccc(C5=NC=CC5)nc4)cnn3c(N)c2C=O)CC1. The Bertz CT molecular complexity index is 1320. The second-order valence-corrected chi connectivity index (χ2v) is 8.58. The van der Waals surface area contributed by atoms with Gasteiger partial charge in [-0.3, -0.25) is 19.6 Å². The molecule has 0 aromatic carbocycles. The van der Waals surface area contributed by atoms with Gasteiger partial charge in [0.15, 0.2) is 11.9 Å². The summed E-state index contributed by atoms with van der Waals surface area (Å²) in [5, 5.41) is 14.0. The number of anilines is 1. The van der Waals surface area contributed by atoms with E-state index in [1.54, 1.807) is 23.5 Å². The fraction of sp³-hybridized carbons (Fsp3) is 0.333. The first kappa shape index (κ1) is 21.9. The summed E-state index contributed by atoms with van der Waals surface area (Å²) in [7, 11) is 0. The van der Waals surface area contributed by atoms with Crippen LogP contribution in [0.15, 0.2) is 41.8 Å². The monoisotopic (exact) mass is 459 g/mol. The highest BCUT2D eigenvalue weighted by atomic mass is 16.3. The second kappa shape index (κ2) is 8.79. The van der Waals surface area contributed by atoms with E-state index in [0.717, 1.165) is 35.2 Å². The van der Waals surface area contributed by atoms with E-state index >= 15 is 0 Å². The average molecular weight is 460 g/mol. The molecule has 2 aliphatic heterocycles. The summed E-state index contributed by atoms with van der Waals surface area (Å²) in [6.45, 7) is 2.43. The number of pyridine rings is 1. The number of aldehydes is 1. The molecular formula is C24H25N7O3. The van der Waals surface area contributed by atoms with E-state index < -0.39 is 6.10 Å². The van der Waals surface area contributed by atoms with Crippen LogP contribution in [0.1, 0.15) is 53.8 Å². The number of nitrogens with two attached hydrogens (primary N) is 1. The van der Waals surface area contributed by atoms with E-state index in [1.165, 1.54) is 11.4 Å². The zero-order valence-corrected chi connectivity index (χ0v) is 18.8. The van der Waals surface area contributed by atoms with Crippen LogP contribution in [0.2, 0.25) is 0 Å². The van der Waals surface area contributed by atoms with Crippen molar-refractivity contribution in [2.24, 2.45) is 4.99 Å². The number of aliphatic hydroxyl groups excluding tert-OH is 1. The molecule has 1 amide bonds. The molecule has 0 saturated carbocycles. The molecule has 3 aromatic rings. The van der Waals surface area contributed by atoms with Crippen molar-refractivity contribution in [3.05, 3.63) is 53.8 Å². The number of likely N-dealkylation sites (tertiary alicyclic amines) is 1. The maximum atomic E-state index is 12.1. The minimum absolute atomic E-state index is 0.0401. The number of aliphatic imine (C=N–C) groups is 1. The number of carbonyl (C=O) groups is 2. The fourth-order valence-electron chi connectivity index (χ4n) is 4.57. The van der Waals surface area contributed by atoms with Crippen LogP contribution in [-0.2, 0) is 4.79 Å². The molecule has 3 aromatic heterocycles. The maximum Gasteiger partial charge on any atom is 0.251 e. The number of fused-ring (bicyclic) bond motifs is 1. The average Bonchev–Trinajstić information content (AvgIpc) is 3.54. The molecule has 1 atom stereocenters. The lowest BCUT2D eigenvalue weighted by Gasteiger charge is -2.33. The van der Waals surface area contributed by atoms with Crippen molar-refractivity contribution in [3.63, 3.8) is 0 Å². The van der Waals surface area contributed by atoms with Gasteiger partial charge < -0.3 is 15.7 Å². The topological polar surface area (TPSA) is 139 Å². The highest BCUT2D eigenvalue weighted by Crippen LogP contribution is 2.33. The van der Waals surface area contributed by atoms with Gasteiger partial charge in [0.05, 0.1) is 28.9 Å². The van der Waals surface area contributed by atoms with E-state index in [0.29, 0.717) is 42.8 Å². The molecule has 1 saturated heterocycles. The number of rotatable bonds is 5. The summed E-state index contributed by atoms with van der Waals surface area (Å²) in [6.07, 6.45) is 8.90. The smallest absolute Gasteiger partial charge is 0.251 e. The molecule has 174 valence electrons. The normalized spacial score (nSPS) is 17.2. The lowest BCUT2D eigenvalue weighted by atomic mass is 9.90. The lowest BCUT2D eigenvalue weighted by molar-refractivity contribution is -0.140. The van der Waals surface area contributed by atoms with Crippen molar-refractivity contribution in [1.29, 1.82) is 0 Å². The van der Waals surface area contributed by atoms with Crippen LogP contribution in [0.3, 0.4) is 0 Å². The van der Waals surface area contributed by atoms with Crippen LogP contribution in [-0.4, -0.2) is 66.7 Å². The van der Waals surface area contributed by atoms with Crippen LogP contribution < -0.4 is 5.73 Å². The lowest BCUT2D eigenvalue weighted by Crippen LogP contribution is -2.42. The Morgan fingerprint density at radius 2 is 2.06 bits per heavy atom. The first-order chi connectivity index (χ1) is 16.5. The van der Waals surface area contributed by atoms with Gasteiger partial charge in [0.25, 0.3) is 5.91 Å². The number of nitrogens with zero attached hydrogens (tertiary/aromatic N) is 6. The van der Waals surface area contributed by atoms with Crippen LogP contribution in [0, 0.1) is 0 Å². The summed E-state index contributed by atoms with van der Waals surface area (Å²) < 4.78 is 1.48. The standard InChI is InChI=1S/C24H25N7O3/c1-14(33)24(34)30-9-6-15(7-10-30)21-18(13-32)22(25)31-23(29-21)17(12-28-31)16-4-5-20(27-11-16)19-3-2-8-26-19/h2,4-5,8,11-15,33H,3,6-7,9-10,25H2,1H3/t14-/m1/s1. The van der Waals surface area contributed by atoms with E-state index in [2.05, 4.69) is 15.1 Å². The van der Waals surface area contributed by atoms with Crippen molar-refractivity contribution < 1.29 is 14.7 Å². The van der Waals surface area contributed by atoms with Crippen molar-refractivity contribution in [3.8, 4) is 11.1 Å². The maximum absolute atomic E-state index is 12.1. The summed E-state index contributed by atoms with van der Waals surface area (Å²) >= 11 is 0. The number of aliphatic hydroxyl groups is 1. The molecule has 0 radical (unpaired) electrons. The van der Waals surface area contributed by atoms with Gasteiger partial charge in [-0.15, -0.1) is 0 Å². The Kier molecular flexibility index (Phi) is 5.66. The minimum atomic E-state index is -1.03. The molecule has 1 fully saturated rings. The van der Waals surface area contributed by atoms with Gasteiger partial charge in [-0.2, -0.15) is 9.61 Å². The molecule has 2 aliphatic rings. The van der Waals surface area contributed by atoms with Crippen LogP contribution in [0.4, 0.5) is 5.82 Å². The van der Waals surface area contributed by atoms with Gasteiger partial charge in [-0.1, -0.05) is 12.1 Å². The molecule has 3 N–H and O–H groups in total. The number of hydrogen-bond acceptors (Lipinski definition) is 8. The third kappa shape index (κ3) is 3.75. The predicted molar refractivity (Wildman–Crippen MR) is 127 cm³/mol. The van der Waals surface area contributed by atoms with Gasteiger partial charge in [0, 0.05) is 49.0 Å². The van der Waals surface area contributed by atoms with Gasteiger partial charge in [-0.05, 0) is 25.8 Å². The van der Waals surface area contributed by atoms with Crippen molar-refractivity contribution >= 4 is 29.4 Å². The number of hydrogen-bond donors (Lipinski definition) is 2. The molecule has 5 heterocycles. The summed E-state index contributed by atoms with van der Waals surface area (Å²) in [6, 6.07) is 3.87. The summed E-state index contributed by atoms with van der Waals surface area (Å²) in [5.74, 6) is -0.0910. The Morgan fingerprint density at radius 1 is 1.26 bits per heavy atom.